The van der Waals surface area contributed by atoms with Gasteiger partial charge in [0.2, 0.25) is 5.91 Å². The van der Waals surface area contributed by atoms with E-state index in [1.807, 2.05) is 11.0 Å². The van der Waals surface area contributed by atoms with Crippen molar-refractivity contribution in [3.8, 4) is 0 Å². The Balaban J connectivity index is 1.85. The van der Waals surface area contributed by atoms with Crippen LogP contribution in [0.5, 0.6) is 0 Å². The first-order valence-electron chi connectivity index (χ1n) is 6.33. The average Bonchev–Trinajstić information content (AvgIpc) is 2.89. The molecule has 0 bridgehead atoms. The molecule has 1 aromatic rings. The molecule has 0 aliphatic carbocycles. The van der Waals surface area contributed by atoms with Crippen molar-refractivity contribution in [1.82, 2.24) is 4.90 Å². The van der Waals surface area contributed by atoms with Crippen LogP contribution >= 0.6 is 11.3 Å². The molecule has 1 fully saturated rings. The van der Waals surface area contributed by atoms with Crippen molar-refractivity contribution in [3.05, 3.63) is 22.4 Å². The smallest absolute Gasteiger partial charge is 0.223 e. The van der Waals surface area contributed by atoms with Crippen molar-refractivity contribution in [1.29, 1.82) is 0 Å². The van der Waals surface area contributed by atoms with Gasteiger partial charge in [-0.3, -0.25) is 4.79 Å². The van der Waals surface area contributed by atoms with Gasteiger partial charge in [0, 0.05) is 30.4 Å². The first-order valence-corrected chi connectivity index (χ1v) is 7.21. The van der Waals surface area contributed by atoms with Crippen LogP contribution in [0.2, 0.25) is 0 Å². The van der Waals surface area contributed by atoms with Crippen molar-refractivity contribution < 1.29 is 4.79 Å². The van der Waals surface area contributed by atoms with Crippen LogP contribution in [0, 0.1) is 0 Å². The maximum Gasteiger partial charge on any atom is 0.223 e. The molecule has 1 unspecified atom stereocenters. The van der Waals surface area contributed by atoms with Gasteiger partial charge in [-0.15, -0.1) is 11.3 Å². The summed E-state index contributed by atoms with van der Waals surface area (Å²) in [4.78, 5) is 15.4. The minimum absolute atomic E-state index is 0.272. The monoisotopic (exact) mass is 252 g/mol. The number of aryl methyl sites for hydroxylation is 1. The van der Waals surface area contributed by atoms with Gasteiger partial charge in [0.15, 0.2) is 0 Å². The van der Waals surface area contributed by atoms with Gasteiger partial charge >= 0.3 is 0 Å². The molecule has 1 aliphatic heterocycles. The lowest BCUT2D eigenvalue weighted by molar-refractivity contribution is -0.134. The molecule has 17 heavy (non-hydrogen) atoms. The highest BCUT2D eigenvalue weighted by Gasteiger charge is 2.24. The second kappa shape index (κ2) is 6.17. The molecule has 94 valence electrons. The molecular weight excluding hydrogens is 232 g/mol. The Morgan fingerprint density at radius 2 is 2.41 bits per heavy atom. The number of hydrogen-bond acceptors (Lipinski definition) is 3. The lowest BCUT2D eigenvalue weighted by Crippen LogP contribution is -2.47. The van der Waals surface area contributed by atoms with E-state index in [0.29, 0.717) is 13.0 Å². The predicted molar refractivity (Wildman–Crippen MR) is 71.0 cm³/mol. The molecule has 1 atom stereocenters. The first kappa shape index (κ1) is 12.6. The van der Waals surface area contributed by atoms with Gasteiger partial charge < -0.3 is 10.6 Å². The van der Waals surface area contributed by atoms with Crippen molar-refractivity contribution in [2.75, 3.05) is 13.1 Å². The van der Waals surface area contributed by atoms with Gasteiger partial charge in [-0.05, 0) is 37.1 Å². The summed E-state index contributed by atoms with van der Waals surface area (Å²) in [6, 6.07) is 4.40. The normalized spacial score (nSPS) is 20.5. The molecule has 1 aliphatic rings. The SMILES string of the molecule is NCC1CCCCN1C(=O)CCc1cccs1. The second-order valence-corrected chi connectivity index (χ2v) is 5.58. The Morgan fingerprint density at radius 1 is 1.53 bits per heavy atom. The van der Waals surface area contributed by atoms with Gasteiger partial charge in [-0.2, -0.15) is 0 Å². The van der Waals surface area contributed by atoms with Crippen LogP contribution in [0.4, 0.5) is 0 Å². The number of likely N-dealkylation sites (tertiary alicyclic amines) is 1. The number of hydrogen-bond donors (Lipinski definition) is 1. The van der Waals surface area contributed by atoms with Crippen LogP contribution in [0.15, 0.2) is 17.5 Å². The van der Waals surface area contributed by atoms with Crippen LogP contribution in [-0.4, -0.2) is 29.9 Å². The fourth-order valence-corrected chi connectivity index (χ4v) is 3.11. The van der Waals surface area contributed by atoms with Crippen molar-refractivity contribution in [2.24, 2.45) is 5.73 Å². The maximum absolute atomic E-state index is 12.1. The molecule has 2 N–H and O–H groups in total. The molecule has 0 aromatic carbocycles. The van der Waals surface area contributed by atoms with E-state index in [4.69, 9.17) is 5.73 Å². The molecular formula is C13H20N2OS. The number of thiophene rings is 1. The fraction of sp³-hybridized carbons (Fsp3) is 0.615. The third kappa shape index (κ3) is 3.30. The zero-order valence-electron chi connectivity index (χ0n) is 10.1. The van der Waals surface area contributed by atoms with E-state index in [0.717, 1.165) is 25.8 Å². The summed E-state index contributed by atoms with van der Waals surface area (Å²) >= 11 is 1.72. The van der Waals surface area contributed by atoms with E-state index < -0.39 is 0 Å². The molecule has 0 spiro atoms. The van der Waals surface area contributed by atoms with E-state index in [-0.39, 0.29) is 11.9 Å². The number of carbonyl (C=O) groups is 1. The van der Waals surface area contributed by atoms with Gasteiger partial charge in [-0.1, -0.05) is 6.07 Å². The Morgan fingerprint density at radius 3 is 3.12 bits per heavy atom. The van der Waals surface area contributed by atoms with E-state index in [9.17, 15) is 4.79 Å². The summed E-state index contributed by atoms with van der Waals surface area (Å²) in [6.45, 7) is 1.50. The summed E-state index contributed by atoms with van der Waals surface area (Å²) in [5.74, 6) is 0.272. The van der Waals surface area contributed by atoms with Gasteiger partial charge in [0.1, 0.15) is 0 Å². The first-order chi connectivity index (χ1) is 8.31. The molecule has 0 radical (unpaired) electrons. The third-order valence-electron chi connectivity index (χ3n) is 3.38. The molecule has 0 saturated carbocycles. The molecule has 1 amide bonds. The Labute approximate surface area is 107 Å². The number of amides is 1. The topological polar surface area (TPSA) is 46.3 Å². The molecule has 1 aromatic heterocycles. The number of nitrogens with zero attached hydrogens (tertiary/aromatic N) is 1. The highest BCUT2D eigenvalue weighted by atomic mass is 32.1. The zero-order valence-corrected chi connectivity index (χ0v) is 10.9. The Kier molecular flexibility index (Phi) is 4.57. The largest absolute Gasteiger partial charge is 0.338 e. The standard InChI is InChI=1S/C13H20N2OS/c14-10-11-4-1-2-8-15(11)13(16)7-6-12-5-3-9-17-12/h3,5,9,11H,1-2,4,6-8,10,14H2. The fourth-order valence-electron chi connectivity index (χ4n) is 2.40. The average molecular weight is 252 g/mol. The summed E-state index contributed by atoms with van der Waals surface area (Å²) < 4.78 is 0. The van der Waals surface area contributed by atoms with Crippen LogP contribution in [0.25, 0.3) is 0 Å². The number of rotatable bonds is 4. The highest BCUT2D eigenvalue weighted by Crippen LogP contribution is 2.18. The molecule has 1 saturated heterocycles. The zero-order chi connectivity index (χ0) is 12.1. The summed E-state index contributed by atoms with van der Waals surface area (Å²) in [5, 5.41) is 2.06. The predicted octanol–water partition coefficient (Wildman–Crippen LogP) is 2.02. The summed E-state index contributed by atoms with van der Waals surface area (Å²) in [5.41, 5.74) is 5.73. The van der Waals surface area contributed by atoms with E-state index >= 15 is 0 Å². The quantitative estimate of drug-likeness (QED) is 0.891. The Hall–Kier alpha value is -0.870. The van der Waals surface area contributed by atoms with Gasteiger partial charge in [-0.25, -0.2) is 0 Å². The van der Waals surface area contributed by atoms with E-state index in [1.54, 1.807) is 11.3 Å². The Bertz CT molecular complexity index is 350. The van der Waals surface area contributed by atoms with Gasteiger partial charge in [0.05, 0.1) is 0 Å². The van der Waals surface area contributed by atoms with Crippen molar-refractivity contribution in [3.63, 3.8) is 0 Å². The van der Waals surface area contributed by atoms with Crippen LogP contribution < -0.4 is 5.73 Å². The molecule has 3 nitrogen and oxygen atoms in total. The van der Waals surface area contributed by atoms with E-state index in [1.165, 1.54) is 11.3 Å². The minimum atomic E-state index is 0.272. The molecule has 4 heteroatoms. The third-order valence-corrected chi connectivity index (χ3v) is 4.32. The van der Waals surface area contributed by atoms with E-state index in [2.05, 4.69) is 11.4 Å². The molecule has 2 rings (SSSR count). The number of nitrogens with two attached hydrogens (primary N) is 1. The summed E-state index contributed by atoms with van der Waals surface area (Å²) in [6.07, 6.45) is 4.89. The van der Waals surface area contributed by atoms with Crippen molar-refractivity contribution in [2.45, 2.75) is 38.1 Å². The van der Waals surface area contributed by atoms with Gasteiger partial charge in [0.25, 0.3) is 0 Å². The molecule has 2 heterocycles. The lowest BCUT2D eigenvalue weighted by Gasteiger charge is -2.35. The van der Waals surface area contributed by atoms with Crippen molar-refractivity contribution >= 4 is 17.2 Å². The number of carbonyl (C=O) groups excluding carboxylic acids is 1. The van der Waals surface area contributed by atoms with Crippen LogP contribution in [-0.2, 0) is 11.2 Å². The van der Waals surface area contributed by atoms with Crippen LogP contribution in [0.1, 0.15) is 30.6 Å². The van der Waals surface area contributed by atoms with Crippen LogP contribution in [0.3, 0.4) is 0 Å². The lowest BCUT2D eigenvalue weighted by atomic mass is 10.0. The summed E-state index contributed by atoms with van der Waals surface area (Å²) in [7, 11) is 0. The maximum atomic E-state index is 12.1. The minimum Gasteiger partial charge on any atom is -0.338 e. The highest BCUT2D eigenvalue weighted by molar-refractivity contribution is 7.09. The number of piperidine rings is 1. The second-order valence-electron chi connectivity index (χ2n) is 4.55.